The van der Waals surface area contributed by atoms with E-state index < -0.39 is 0 Å². The number of piperazine rings is 1. The minimum atomic E-state index is -0.0545. The Morgan fingerprint density at radius 2 is 2.25 bits per heavy atom. The van der Waals surface area contributed by atoms with Gasteiger partial charge in [-0.2, -0.15) is 0 Å². The van der Waals surface area contributed by atoms with Gasteiger partial charge in [-0.3, -0.25) is 4.79 Å². The Hall–Kier alpha value is -0.610. The van der Waals surface area contributed by atoms with Crippen LogP contribution in [-0.2, 0) is 4.79 Å². The van der Waals surface area contributed by atoms with Crippen LogP contribution in [0.3, 0.4) is 0 Å². The van der Waals surface area contributed by atoms with Crippen LogP contribution in [0.15, 0.2) is 0 Å². The van der Waals surface area contributed by atoms with Crippen LogP contribution in [0.1, 0.15) is 13.8 Å². The van der Waals surface area contributed by atoms with Crippen molar-refractivity contribution in [3.8, 4) is 0 Å². The highest BCUT2D eigenvalue weighted by atomic mass is 16.2. The lowest BCUT2D eigenvalue weighted by Crippen LogP contribution is -2.56. The van der Waals surface area contributed by atoms with Gasteiger partial charge in [-0.25, -0.2) is 0 Å². The van der Waals surface area contributed by atoms with Crippen LogP contribution < -0.4 is 16.0 Å². The van der Waals surface area contributed by atoms with Crippen LogP contribution in [0, 0.1) is 0 Å². The van der Waals surface area contributed by atoms with Gasteiger partial charge in [-0.1, -0.05) is 0 Å². The summed E-state index contributed by atoms with van der Waals surface area (Å²) >= 11 is 0. The quantitative estimate of drug-likeness (QED) is 0.503. The van der Waals surface area contributed by atoms with E-state index in [0.29, 0.717) is 0 Å². The molecule has 1 amide bonds. The van der Waals surface area contributed by atoms with E-state index in [1.165, 1.54) is 0 Å². The third-order valence-electron chi connectivity index (χ3n) is 1.79. The summed E-state index contributed by atoms with van der Waals surface area (Å²) in [6.07, 6.45) is 0. The second-order valence-electron chi connectivity index (χ2n) is 3.37. The predicted octanol–water partition coefficient (Wildman–Crippen LogP) is -0.928. The lowest BCUT2D eigenvalue weighted by Gasteiger charge is -2.24. The predicted molar refractivity (Wildman–Crippen MR) is 47.9 cm³/mol. The van der Waals surface area contributed by atoms with E-state index in [2.05, 4.69) is 16.0 Å². The first kappa shape index (κ1) is 9.48. The van der Waals surface area contributed by atoms with Crippen molar-refractivity contribution in [1.29, 1.82) is 0 Å². The smallest absolute Gasteiger partial charge is 0.238 e. The highest BCUT2D eigenvalue weighted by Gasteiger charge is 2.19. The summed E-state index contributed by atoms with van der Waals surface area (Å²) in [6.45, 7) is 6.49. The Morgan fingerprint density at radius 3 is 2.75 bits per heavy atom. The molecule has 1 rings (SSSR count). The van der Waals surface area contributed by atoms with Gasteiger partial charge >= 0.3 is 0 Å². The van der Waals surface area contributed by atoms with Gasteiger partial charge < -0.3 is 16.0 Å². The van der Waals surface area contributed by atoms with Gasteiger partial charge in [0.15, 0.2) is 0 Å². The fourth-order valence-electron chi connectivity index (χ4n) is 1.22. The fraction of sp³-hybridized carbons (Fsp3) is 0.875. The second-order valence-corrected chi connectivity index (χ2v) is 3.37. The Bertz CT molecular complexity index is 152. The van der Waals surface area contributed by atoms with Crippen molar-refractivity contribution >= 4 is 5.91 Å². The van der Waals surface area contributed by atoms with Gasteiger partial charge in [0.05, 0.1) is 6.04 Å². The summed E-state index contributed by atoms with van der Waals surface area (Å²) in [5.41, 5.74) is 0. The van der Waals surface area contributed by atoms with Crippen LogP contribution in [0.2, 0.25) is 0 Å². The summed E-state index contributed by atoms with van der Waals surface area (Å²) < 4.78 is 0. The lowest BCUT2D eigenvalue weighted by molar-refractivity contribution is -0.123. The molecule has 0 aliphatic carbocycles. The van der Waals surface area contributed by atoms with Crippen molar-refractivity contribution in [2.75, 3.05) is 19.6 Å². The number of hydrogen-bond acceptors (Lipinski definition) is 3. The maximum atomic E-state index is 11.4. The maximum absolute atomic E-state index is 11.4. The first-order chi connectivity index (χ1) is 5.70. The minimum absolute atomic E-state index is 0.0545. The molecule has 4 heteroatoms. The third-order valence-corrected chi connectivity index (χ3v) is 1.79. The molecule has 0 spiro atoms. The van der Waals surface area contributed by atoms with Crippen LogP contribution in [-0.4, -0.2) is 37.6 Å². The molecule has 70 valence electrons. The molecular formula is C8H17N3O. The highest BCUT2D eigenvalue weighted by molar-refractivity contribution is 5.82. The summed E-state index contributed by atoms with van der Waals surface area (Å²) in [6, 6.07) is 0.169. The number of nitrogens with one attached hydrogen (secondary N) is 3. The summed E-state index contributed by atoms with van der Waals surface area (Å²) in [5, 5.41) is 9.19. The molecule has 1 aliphatic rings. The monoisotopic (exact) mass is 171 g/mol. The van der Waals surface area contributed by atoms with Crippen molar-refractivity contribution in [2.24, 2.45) is 0 Å². The van der Waals surface area contributed by atoms with E-state index in [9.17, 15) is 4.79 Å². The van der Waals surface area contributed by atoms with Crippen LogP contribution in [0.5, 0.6) is 0 Å². The van der Waals surface area contributed by atoms with E-state index in [1.807, 2.05) is 13.8 Å². The van der Waals surface area contributed by atoms with Crippen molar-refractivity contribution in [1.82, 2.24) is 16.0 Å². The first-order valence-electron chi connectivity index (χ1n) is 4.44. The molecule has 12 heavy (non-hydrogen) atoms. The molecule has 0 aromatic heterocycles. The van der Waals surface area contributed by atoms with E-state index in [0.717, 1.165) is 19.6 Å². The van der Waals surface area contributed by atoms with Crippen molar-refractivity contribution in [2.45, 2.75) is 25.9 Å². The molecule has 0 aromatic carbocycles. The molecule has 0 saturated carbocycles. The molecule has 1 heterocycles. The third kappa shape index (κ3) is 2.79. The zero-order chi connectivity index (χ0) is 8.97. The molecule has 0 unspecified atom stereocenters. The van der Waals surface area contributed by atoms with E-state index in [-0.39, 0.29) is 18.0 Å². The largest absolute Gasteiger partial charge is 0.353 e. The highest BCUT2D eigenvalue weighted by Crippen LogP contribution is 1.88. The average Bonchev–Trinajstić information content (AvgIpc) is 2.05. The van der Waals surface area contributed by atoms with Crippen LogP contribution >= 0.6 is 0 Å². The molecule has 0 radical (unpaired) electrons. The SMILES string of the molecule is CC(C)NC(=O)[C@@H]1CNCCN1. The minimum Gasteiger partial charge on any atom is -0.353 e. The fourth-order valence-corrected chi connectivity index (χ4v) is 1.22. The Kier molecular flexibility index (Phi) is 3.49. The molecule has 0 bridgehead atoms. The van der Waals surface area contributed by atoms with Crippen LogP contribution in [0.25, 0.3) is 0 Å². The van der Waals surface area contributed by atoms with Crippen molar-refractivity contribution in [3.63, 3.8) is 0 Å². The van der Waals surface area contributed by atoms with Gasteiger partial charge in [-0.15, -0.1) is 0 Å². The molecule has 1 atom stereocenters. The van der Waals surface area contributed by atoms with E-state index in [4.69, 9.17) is 0 Å². The molecule has 1 saturated heterocycles. The molecule has 3 N–H and O–H groups in total. The van der Waals surface area contributed by atoms with Gasteiger partial charge in [-0.05, 0) is 13.8 Å². The zero-order valence-corrected chi connectivity index (χ0v) is 7.68. The Labute approximate surface area is 73.1 Å². The van der Waals surface area contributed by atoms with E-state index in [1.54, 1.807) is 0 Å². The number of rotatable bonds is 2. The van der Waals surface area contributed by atoms with Gasteiger partial charge in [0.2, 0.25) is 5.91 Å². The Morgan fingerprint density at radius 1 is 1.50 bits per heavy atom. The molecule has 1 fully saturated rings. The van der Waals surface area contributed by atoms with Gasteiger partial charge in [0.1, 0.15) is 0 Å². The summed E-state index contributed by atoms with van der Waals surface area (Å²) in [4.78, 5) is 11.4. The molecule has 4 nitrogen and oxygen atoms in total. The van der Waals surface area contributed by atoms with Crippen LogP contribution in [0.4, 0.5) is 0 Å². The topological polar surface area (TPSA) is 53.2 Å². The standard InChI is InChI=1S/C8H17N3O/c1-6(2)11-8(12)7-5-9-3-4-10-7/h6-7,9-10H,3-5H2,1-2H3,(H,11,12)/t7-/m0/s1. The normalized spacial score (nSPS) is 24.1. The zero-order valence-electron chi connectivity index (χ0n) is 7.68. The molecule has 1 aliphatic heterocycles. The number of amides is 1. The lowest BCUT2D eigenvalue weighted by atomic mass is 10.2. The maximum Gasteiger partial charge on any atom is 0.238 e. The molecular weight excluding hydrogens is 154 g/mol. The van der Waals surface area contributed by atoms with Crippen molar-refractivity contribution < 1.29 is 4.79 Å². The second kappa shape index (κ2) is 4.42. The van der Waals surface area contributed by atoms with E-state index >= 15 is 0 Å². The summed E-state index contributed by atoms with van der Waals surface area (Å²) in [5.74, 6) is 0.0946. The average molecular weight is 171 g/mol. The van der Waals surface area contributed by atoms with Gasteiger partial charge in [0, 0.05) is 25.7 Å². The molecule has 0 aromatic rings. The van der Waals surface area contributed by atoms with Gasteiger partial charge in [0.25, 0.3) is 0 Å². The number of carbonyl (C=O) groups excluding carboxylic acids is 1. The number of carbonyl (C=O) groups is 1. The Balaban J connectivity index is 2.30. The summed E-state index contributed by atoms with van der Waals surface area (Å²) in [7, 11) is 0. The van der Waals surface area contributed by atoms with Crippen molar-refractivity contribution in [3.05, 3.63) is 0 Å². The first-order valence-corrected chi connectivity index (χ1v) is 4.44. The number of hydrogen-bond donors (Lipinski definition) is 3.